The summed E-state index contributed by atoms with van der Waals surface area (Å²) in [6.07, 6.45) is 19.5. The Morgan fingerprint density at radius 2 is 1.38 bits per heavy atom. The third kappa shape index (κ3) is 11.7. The van der Waals surface area contributed by atoms with Crippen molar-refractivity contribution in [3.05, 3.63) is 5.82 Å². The maximum absolute atomic E-state index is 12.2. The van der Waals surface area contributed by atoms with Gasteiger partial charge in [-0.05, 0) is 19.9 Å². The van der Waals surface area contributed by atoms with Crippen LogP contribution in [-0.4, -0.2) is 58.7 Å². The first-order chi connectivity index (χ1) is 15.7. The van der Waals surface area contributed by atoms with Gasteiger partial charge in [-0.15, -0.1) is 0 Å². The number of hydrazine groups is 1. The van der Waals surface area contributed by atoms with Crippen molar-refractivity contribution in [1.29, 1.82) is 0 Å². The first kappa shape index (κ1) is 26.4. The van der Waals surface area contributed by atoms with Crippen LogP contribution in [0.1, 0.15) is 103 Å². The van der Waals surface area contributed by atoms with E-state index in [0.29, 0.717) is 5.82 Å². The molecule has 0 saturated carbocycles. The highest BCUT2D eigenvalue weighted by molar-refractivity contribution is 5.75. The second-order valence-corrected chi connectivity index (χ2v) is 9.13. The number of anilines is 1. The van der Waals surface area contributed by atoms with Gasteiger partial charge in [0.1, 0.15) is 0 Å². The zero-order valence-electron chi connectivity index (χ0n) is 20.5. The first-order valence-electron chi connectivity index (χ1n) is 13.0. The molecule has 1 saturated heterocycles. The van der Waals surface area contributed by atoms with Gasteiger partial charge in [-0.25, -0.2) is 15.6 Å². The third-order valence-electron chi connectivity index (χ3n) is 6.29. The molecule has 2 rings (SSSR count). The lowest BCUT2D eigenvalue weighted by atomic mass is 10.0. The molecule has 1 aliphatic rings. The molecule has 0 aliphatic carbocycles. The smallest absolute Gasteiger partial charge is 0.321 e. The average Bonchev–Trinajstić information content (AvgIpc) is 3.23. The highest BCUT2D eigenvalue weighted by Crippen LogP contribution is 2.13. The Kier molecular flexibility index (Phi) is 13.8. The van der Waals surface area contributed by atoms with Crippen LogP contribution in [-0.2, 0) is 0 Å². The molecule has 1 aromatic rings. The Balaban J connectivity index is 1.36. The second-order valence-electron chi connectivity index (χ2n) is 9.13. The summed E-state index contributed by atoms with van der Waals surface area (Å²) in [4.78, 5) is 20.5. The number of aromatic nitrogens is 2. The Bertz CT molecular complexity index is 601. The molecule has 1 aliphatic heterocycles. The van der Waals surface area contributed by atoms with Gasteiger partial charge >= 0.3 is 12.0 Å². The van der Waals surface area contributed by atoms with Crippen molar-refractivity contribution in [3.63, 3.8) is 0 Å². The van der Waals surface area contributed by atoms with Gasteiger partial charge in [0.2, 0.25) is 0 Å². The molecule has 1 fully saturated rings. The molecule has 2 amide bonds. The van der Waals surface area contributed by atoms with Crippen molar-refractivity contribution in [2.75, 3.05) is 38.1 Å². The Morgan fingerprint density at radius 3 is 1.88 bits per heavy atom. The van der Waals surface area contributed by atoms with Gasteiger partial charge < -0.3 is 9.42 Å². The zero-order chi connectivity index (χ0) is 22.9. The summed E-state index contributed by atoms with van der Waals surface area (Å²) in [6.45, 7) is 8.52. The molecule has 2 heterocycles. The molecular formula is C24H46N6O2. The number of hydrogen-bond acceptors (Lipinski definition) is 6. The maximum atomic E-state index is 12.2. The lowest BCUT2D eigenvalue weighted by Gasteiger charge is -2.34. The summed E-state index contributed by atoms with van der Waals surface area (Å²) < 4.78 is 4.92. The quantitative estimate of drug-likeness (QED) is 0.240. The Labute approximate surface area is 194 Å². The van der Waals surface area contributed by atoms with Crippen molar-refractivity contribution in [2.24, 2.45) is 0 Å². The van der Waals surface area contributed by atoms with Crippen molar-refractivity contribution < 1.29 is 9.32 Å². The normalized spacial score (nSPS) is 14.6. The van der Waals surface area contributed by atoms with E-state index >= 15 is 0 Å². The fourth-order valence-electron chi connectivity index (χ4n) is 4.24. The van der Waals surface area contributed by atoms with Crippen LogP contribution in [0.5, 0.6) is 0 Å². The van der Waals surface area contributed by atoms with E-state index < -0.39 is 0 Å². The van der Waals surface area contributed by atoms with E-state index in [1.165, 1.54) is 89.9 Å². The number of carbonyl (C=O) groups is 1. The number of urea groups is 1. The number of hydrogen-bond donors (Lipinski definition) is 2. The molecule has 8 nitrogen and oxygen atoms in total. The van der Waals surface area contributed by atoms with Crippen molar-refractivity contribution in [1.82, 2.24) is 25.4 Å². The SMILES string of the molecule is CCCCCCCCCCCCCCCCN1CCN(C(=O)NNc2nc(C)no2)CC1. The molecule has 0 atom stereocenters. The van der Waals surface area contributed by atoms with E-state index in [4.69, 9.17) is 4.52 Å². The first-order valence-corrected chi connectivity index (χ1v) is 13.0. The molecule has 184 valence electrons. The van der Waals surface area contributed by atoms with E-state index in [2.05, 4.69) is 32.8 Å². The van der Waals surface area contributed by atoms with E-state index in [1.807, 2.05) is 4.90 Å². The van der Waals surface area contributed by atoms with Crippen LogP contribution in [0, 0.1) is 6.92 Å². The molecule has 0 spiro atoms. The molecule has 8 heteroatoms. The van der Waals surface area contributed by atoms with Crippen molar-refractivity contribution in [2.45, 2.75) is 104 Å². The van der Waals surface area contributed by atoms with E-state index in [0.717, 1.165) is 32.7 Å². The van der Waals surface area contributed by atoms with Gasteiger partial charge in [-0.1, -0.05) is 95.6 Å². The van der Waals surface area contributed by atoms with Crippen LogP contribution >= 0.6 is 0 Å². The summed E-state index contributed by atoms with van der Waals surface area (Å²) in [6, 6.07) is 0.0456. The van der Waals surface area contributed by atoms with Crippen LogP contribution in [0.2, 0.25) is 0 Å². The minimum Gasteiger partial charge on any atom is -0.321 e. The number of aryl methyl sites for hydroxylation is 1. The second kappa shape index (κ2) is 16.8. The molecule has 1 aromatic heterocycles. The number of rotatable bonds is 17. The number of piperazine rings is 1. The van der Waals surface area contributed by atoms with Gasteiger partial charge in [-0.3, -0.25) is 4.90 Å². The minimum atomic E-state index is -0.156. The highest BCUT2D eigenvalue weighted by atomic mass is 16.5. The standard InChI is InChI=1S/C24H46N6O2/c1-3-4-5-6-7-8-9-10-11-12-13-14-15-16-17-29-18-20-30(21-19-29)24(31)27-26-23-25-22(2)28-32-23/h3-21H2,1-2H3,(H,27,31)(H,25,26,28). The predicted octanol–water partition coefficient (Wildman–Crippen LogP) is 5.51. The molecular weight excluding hydrogens is 404 g/mol. The molecule has 0 bridgehead atoms. The van der Waals surface area contributed by atoms with Crippen LogP contribution in [0.25, 0.3) is 0 Å². The molecule has 0 radical (unpaired) electrons. The van der Waals surface area contributed by atoms with Crippen LogP contribution in [0.3, 0.4) is 0 Å². The third-order valence-corrected chi connectivity index (χ3v) is 6.29. The van der Waals surface area contributed by atoms with Gasteiger partial charge in [0.05, 0.1) is 0 Å². The largest absolute Gasteiger partial charge is 0.340 e. The lowest BCUT2D eigenvalue weighted by molar-refractivity contribution is 0.139. The number of amides is 2. The van der Waals surface area contributed by atoms with E-state index in [9.17, 15) is 4.79 Å². The van der Waals surface area contributed by atoms with E-state index in [-0.39, 0.29) is 12.0 Å². The number of nitrogens with zero attached hydrogens (tertiary/aromatic N) is 4. The van der Waals surface area contributed by atoms with Crippen molar-refractivity contribution >= 4 is 12.0 Å². The van der Waals surface area contributed by atoms with Gasteiger partial charge in [-0.2, -0.15) is 4.98 Å². The van der Waals surface area contributed by atoms with Crippen LogP contribution in [0.4, 0.5) is 10.8 Å². The molecule has 2 N–H and O–H groups in total. The molecule has 0 aromatic carbocycles. The summed E-state index contributed by atoms with van der Waals surface area (Å²) >= 11 is 0. The number of carbonyl (C=O) groups excluding carboxylic acids is 1. The maximum Gasteiger partial charge on any atom is 0.340 e. The number of nitrogens with one attached hydrogen (secondary N) is 2. The monoisotopic (exact) mass is 450 g/mol. The summed E-state index contributed by atoms with van der Waals surface area (Å²) in [5.74, 6) is 0.527. The summed E-state index contributed by atoms with van der Waals surface area (Å²) in [7, 11) is 0. The van der Waals surface area contributed by atoms with Crippen LogP contribution < -0.4 is 10.9 Å². The zero-order valence-corrected chi connectivity index (χ0v) is 20.5. The topological polar surface area (TPSA) is 86.5 Å². The average molecular weight is 451 g/mol. The highest BCUT2D eigenvalue weighted by Gasteiger charge is 2.20. The predicted molar refractivity (Wildman–Crippen MR) is 130 cm³/mol. The fourth-order valence-corrected chi connectivity index (χ4v) is 4.24. The van der Waals surface area contributed by atoms with Gasteiger partial charge in [0.15, 0.2) is 5.82 Å². The Hall–Kier alpha value is -1.83. The summed E-state index contributed by atoms with van der Waals surface area (Å²) in [5, 5.41) is 3.67. The Morgan fingerprint density at radius 1 is 0.844 bits per heavy atom. The molecule has 0 unspecified atom stereocenters. The van der Waals surface area contributed by atoms with Gasteiger partial charge in [0, 0.05) is 26.2 Å². The van der Waals surface area contributed by atoms with Crippen molar-refractivity contribution in [3.8, 4) is 0 Å². The van der Waals surface area contributed by atoms with E-state index in [1.54, 1.807) is 6.92 Å². The fraction of sp³-hybridized carbons (Fsp3) is 0.875. The van der Waals surface area contributed by atoms with Gasteiger partial charge in [0.25, 0.3) is 0 Å². The minimum absolute atomic E-state index is 0.156. The number of unbranched alkanes of at least 4 members (excludes halogenated alkanes) is 13. The molecule has 32 heavy (non-hydrogen) atoms. The lowest BCUT2D eigenvalue weighted by Crippen LogP contribution is -2.52. The summed E-state index contributed by atoms with van der Waals surface area (Å²) in [5.41, 5.74) is 5.28. The van der Waals surface area contributed by atoms with Crippen LogP contribution in [0.15, 0.2) is 4.52 Å².